The van der Waals surface area contributed by atoms with Gasteiger partial charge in [-0.3, -0.25) is 19.2 Å². The molecule has 0 spiro atoms. The van der Waals surface area contributed by atoms with Crippen LogP contribution in [0.15, 0.2) is 0 Å². The lowest BCUT2D eigenvalue weighted by atomic mass is 10.0. The largest absolute Gasteiger partial charge is 0.462 e. The molecule has 0 aromatic rings. The number of esters is 5. The van der Waals surface area contributed by atoms with Gasteiger partial charge in [-0.15, -0.1) is 0 Å². The summed E-state index contributed by atoms with van der Waals surface area (Å²) in [5, 5.41) is 0. The van der Waals surface area contributed by atoms with Crippen molar-refractivity contribution in [2.75, 3.05) is 6.61 Å². The third kappa shape index (κ3) is 26.3. The van der Waals surface area contributed by atoms with E-state index in [1.165, 1.54) is 0 Å². The first-order valence-corrected chi connectivity index (χ1v) is 22.4. The average molecular weight is 799 g/mol. The molecule has 0 aromatic heterocycles. The van der Waals surface area contributed by atoms with Crippen LogP contribution < -0.4 is 0 Å². The molecule has 1 aliphatic heterocycles. The molecular weight excluding hydrogens is 712 g/mol. The fourth-order valence-corrected chi connectivity index (χ4v) is 6.80. The van der Waals surface area contributed by atoms with E-state index in [1.54, 1.807) is 0 Å². The van der Waals surface area contributed by atoms with E-state index in [1.807, 2.05) is 0 Å². The van der Waals surface area contributed by atoms with Gasteiger partial charge in [0.1, 0.15) is 6.61 Å². The van der Waals surface area contributed by atoms with Crippen LogP contribution in [0, 0.1) is 0 Å². The van der Waals surface area contributed by atoms with E-state index >= 15 is 0 Å². The van der Waals surface area contributed by atoms with E-state index in [0.29, 0.717) is 53.3 Å². The minimum atomic E-state index is -1.57. The number of ether oxygens (including phenoxy) is 5. The predicted molar refractivity (Wildman–Crippen MR) is 221 cm³/mol. The summed E-state index contributed by atoms with van der Waals surface area (Å²) in [5.74, 6) is -3.22. The van der Waals surface area contributed by atoms with Gasteiger partial charge in [-0.2, -0.15) is 0 Å². The number of carbonyl (C=O) groups is 5. The van der Waals surface area contributed by atoms with Crippen molar-refractivity contribution < 1.29 is 53.1 Å². The van der Waals surface area contributed by atoms with E-state index in [2.05, 4.69) is 0 Å². The van der Waals surface area contributed by atoms with Crippen LogP contribution in [0.4, 0.5) is 0 Å². The Labute approximate surface area is 346 Å². The van der Waals surface area contributed by atoms with Gasteiger partial charge in [-0.05, 0) is 25.7 Å². The predicted octanol–water partition coefficient (Wildman–Crippen LogP) is 11.8. The molecule has 1 fully saturated rings. The zero-order valence-electron chi connectivity index (χ0n) is 39.1. The Balaban J connectivity index is 3.02. The molecule has 1 aliphatic rings. The summed E-state index contributed by atoms with van der Waals surface area (Å²) in [6.45, 7) is 1.30. The van der Waals surface area contributed by atoms with Crippen LogP contribution >= 0.6 is 0 Å². The van der Waals surface area contributed by atoms with E-state index in [0.717, 1.165) is 154 Å². The van der Waals surface area contributed by atoms with Crippen molar-refractivity contribution in [1.82, 2.24) is 0 Å². The standard InChI is InChI=1S/C46H82O10/c1-5-9-13-17-21-25-29-33-39(47)52-37-38(53-40(48)34-30-26-22-18-14-10-6-2)43-44(54-41(49)35-31-27-23-19-15-11-7-3)45(46(51)56-43)55-42(50)36-32-28-24-20-16-12-8-4/h38,43-45H,5-37H2,1-4H3/t38-,43-,44+,45-/m1/s1/i1D,2D,3D,4D. The van der Waals surface area contributed by atoms with Gasteiger partial charge in [0.2, 0.25) is 6.10 Å². The molecule has 0 radical (unpaired) electrons. The third-order valence-electron chi connectivity index (χ3n) is 10.2. The van der Waals surface area contributed by atoms with Gasteiger partial charge >= 0.3 is 29.8 Å². The Bertz CT molecular complexity index is 1110. The quantitative estimate of drug-likeness (QED) is 0.0338. The maximum Gasteiger partial charge on any atom is 0.352 e. The number of cyclic esters (lactones) is 1. The normalized spacial score (nSPS) is 17.9. The van der Waals surface area contributed by atoms with E-state index < -0.39 is 60.9 Å². The van der Waals surface area contributed by atoms with Gasteiger partial charge in [-0.25, -0.2) is 4.79 Å². The van der Waals surface area contributed by atoms with Crippen molar-refractivity contribution in [1.29, 1.82) is 0 Å². The molecular formula is C46H82O10. The van der Waals surface area contributed by atoms with Crippen molar-refractivity contribution in [2.24, 2.45) is 0 Å². The van der Waals surface area contributed by atoms with Crippen LogP contribution in [0.2, 0.25) is 0 Å². The van der Waals surface area contributed by atoms with Gasteiger partial charge in [0.05, 0.1) is 0 Å². The van der Waals surface area contributed by atoms with E-state index in [4.69, 9.17) is 29.2 Å². The fraction of sp³-hybridized carbons (Fsp3) is 0.891. The molecule has 10 heteroatoms. The maximum absolute atomic E-state index is 13.4. The number of hydrogen-bond acceptors (Lipinski definition) is 10. The second-order valence-corrected chi connectivity index (χ2v) is 15.4. The summed E-state index contributed by atoms with van der Waals surface area (Å²) in [4.78, 5) is 65.8. The molecule has 0 N–H and O–H groups in total. The topological polar surface area (TPSA) is 132 Å². The van der Waals surface area contributed by atoms with Crippen LogP contribution in [0.5, 0.6) is 0 Å². The lowest BCUT2D eigenvalue weighted by molar-refractivity contribution is -0.180. The summed E-state index contributed by atoms with van der Waals surface area (Å²) >= 11 is 0. The van der Waals surface area contributed by atoms with Gasteiger partial charge in [0, 0.05) is 31.2 Å². The van der Waals surface area contributed by atoms with E-state index in [9.17, 15) is 24.0 Å². The van der Waals surface area contributed by atoms with Crippen molar-refractivity contribution >= 4 is 29.8 Å². The molecule has 0 bridgehead atoms. The second kappa shape index (κ2) is 35.5. The molecule has 326 valence electrons. The first kappa shape index (κ1) is 44.5. The fourth-order valence-electron chi connectivity index (χ4n) is 6.80. The first-order valence-electron chi connectivity index (χ1n) is 25.2. The van der Waals surface area contributed by atoms with Gasteiger partial charge in [0.25, 0.3) is 0 Å². The molecule has 0 aromatic carbocycles. The summed E-state index contributed by atoms with van der Waals surface area (Å²) in [7, 11) is 0. The van der Waals surface area contributed by atoms with Crippen molar-refractivity contribution in [3.63, 3.8) is 0 Å². The third-order valence-corrected chi connectivity index (χ3v) is 10.2. The zero-order valence-corrected chi connectivity index (χ0v) is 35.1. The number of unbranched alkanes of at least 4 members (excludes halogenated alkanes) is 24. The summed E-state index contributed by atoms with van der Waals surface area (Å²) in [5.41, 5.74) is 0. The monoisotopic (exact) mass is 799 g/mol. The Kier molecular flexibility index (Phi) is 28.2. The first-order chi connectivity index (χ1) is 29.3. The molecule has 1 heterocycles. The molecule has 1 saturated heterocycles. The van der Waals surface area contributed by atoms with Crippen LogP contribution in [-0.4, -0.2) is 60.9 Å². The maximum atomic E-state index is 13.4. The summed E-state index contributed by atoms with van der Waals surface area (Å²) in [6, 6.07) is 0. The number of rotatable bonds is 38. The Hall–Kier alpha value is -2.65. The molecule has 0 unspecified atom stereocenters. The molecule has 4 atom stereocenters. The summed E-state index contributed by atoms with van der Waals surface area (Å²) < 4.78 is 57.7. The van der Waals surface area contributed by atoms with Crippen LogP contribution in [0.25, 0.3) is 0 Å². The van der Waals surface area contributed by atoms with Crippen molar-refractivity contribution in [3.8, 4) is 0 Å². The van der Waals surface area contributed by atoms with Crippen molar-refractivity contribution in [2.45, 2.75) is 257 Å². The minimum Gasteiger partial charge on any atom is -0.462 e. The van der Waals surface area contributed by atoms with Gasteiger partial charge in [0.15, 0.2) is 18.3 Å². The van der Waals surface area contributed by atoms with Gasteiger partial charge < -0.3 is 23.7 Å². The van der Waals surface area contributed by atoms with E-state index in [-0.39, 0.29) is 25.7 Å². The molecule has 56 heavy (non-hydrogen) atoms. The second-order valence-electron chi connectivity index (χ2n) is 15.4. The van der Waals surface area contributed by atoms with Crippen LogP contribution in [-0.2, 0) is 47.7 Å². The Morgan fingerprint density at radius 1 is 0.500 bits per heavy atom. The Morgan fingerprint density at radius 2 is 0.857 bits per heavy atom. The van der Waals surface area contributed by atoms with Crippen LogP contribution in [0.3, 0.4) is 0 Å². The molecule has 0 saturated carbocycles. The van der Waals surface area contributed by atoms with Crippen LogP contribution in [0.1, 0.15) is 239 Å². The van der Waals surface area contributed by atoms with Gasteiger partial charge in [-0.1, -0.05) is 182 Å². The molecule has 10 nitrogen and oxygen atoms in total. The molecule has 0 amide bonds. The SMILES string of the molecule is [2H]CCCCCCCCCC(=O)OC[C@@H](OC(=O)CCCCCCCCC[2H])[C@H]1OC(=O)[C@H](OC(=O)CCCCCCCCC[2H])[C@H]1OC(=O)CCCCCCCCC[2H]. The smallest absolute Gasteiger partial charge is 0.352 e. The highest BCUT2D eigenvalue weighted by Crippen LogP contribution is 2.29. The highest BCUT2D eigenvalue weighted by molar-refractivity contribution is 5.83. The minimum absolute atomic E-state index is 0.0645. The highest BCUT2D eigenvalue weighted by Gasteiger charge is 2.54. The summed E-state index contributed by atoms with van der Waals surface area (Å²) in [6.07, 6.45) is 20.0. The number of hydrogen-bond donors (Lipinski definition) is 0. The Morgan fingerprint density at radius 3 is 1.29 bits per heavy atom. The lowest BCUT2D eigenvalue weighted by Crippen LogP contribution is -2.47. The highest BCUT2D eigenvalue weighted by atomic mass is 16.7. The zero-order chi connectivity index (χ0) is 43.9. The molecule has 0 aliphatic carbocycles. The average Bonchev–Trinajstić information content (AvgIpc) is 3.53. The number of carbonyl (C=O) groups excluding carboxylic acids is 5. The van der Waals surface area contributed by atoms with Crippen molar-refractivity contribution in [3.05, 3.63) is 0 Å². The molecule has 1 rings (SSSR count). The lowest BCUT2D eigenvalue weighted by Gasteiger charge is -2.27.